The van der Waals surface area contributed by atoms with E-state index in [0.29, 0.717) is 0 Å². The molecule has 0 amide bonds. The number of allylic oxidation sites excluding steroid dienone is 3. The smallest absolute Gasteiger partial charge is 0.108 e. The molecule has 1 aliphatic rings. The average molecular weight is 186 g/mol. The van der Waals surface area contributed by atoms with Crippen molar-refractivity contribution in [3.05, 3.63) is 59.7 Å². The molecule has 0 heterocycles. The number of hydrogen-bond acceptors (Lipinski definition) is 1. The maximum absolute atomic E-state index is 10.4. The lowest BCUT2D eigenvalue weighted by atomic mass is 9.87. The molecule has 1 atom stereocenters. The van der Waals surface area contributed by atoms with E-state index in [4.69, 9.17) is 0 Å². The van der Waals surface area contributed by atoms with Gasteiger partial charge in [0.2, 0.25) is 0 Å². The van der Waals surface area contributed by atoms with Crippen molar-refractivity contribution < 1.29 is 5.11 Å². The van der Waals surface area contributed by atoms with Gasteiger partial charge in [-0.15, -0.1) is 0 Å². The summed E-state index contributed by atoms with van der Waals surface area (Å²) in [5, 5.41) is 10.4. The molecule has 0 bridgehead atoms. The van der Waals surface area contributed by atoms with Crippen LogP contribution in [-0.4, -0.2) is 5.11 Å². The molecule has 14 heavy (non-hydrogen) atoms. The van der Waals surface area contributed by atoms with Crippen LogP contribution in [0, 0.1) is 0 Å². The molecule has 0 spiro atoms. The Morgan fingerprint density at radius 3 is 2.50 bits per heavy atom. The second kappa shape index (κ2) is 3.43. The van der Waals surface area contributed by atoms with Crippen molar-refractivity contribution in [2.24, 2.45) is 0 Å². The summed E-state index contributed by atoms with van der Waals surface area (Å²) in [7, 11) is 0. The summed E-state index contributed by atoms with van der Waals surface area (Å²) in [5.74, 6) is 0. The van der Waals surface area contributed by atoms with Crippen LogP contribution in [0.4, 0.5) is 0 Å². The van der Waals surface area contributed by atoms with Crippen LogP contribution in [-0.2, 0) is 5.60 Å². The van der Waals surface area contributed by atoms with E-state index in [1.807, 2.05) is 49.4 Å². The fourth-order valence-electron chi connectivity index (χ4n) is 1.76. The van der Waals surface area contributed by atoms with Crippen LogP contribution in [0.2, 0.25) is 0 Å². The first-order valence-electron chi connectivity index (χ1n) is 4.85. The SMILES string of the molecule is CC(O)(C1=CC=CC1)c1ccccc1. The van der Waals surface area contributed by atoms with Crippen LogP contribution in [0.15, 0.2) is 54.1 Å². The number of hydrogen-bond donors (Lipinski definition) is 1. The fourth-order valence-corrected chi connectivity index (χ4v) is 1.76. The molecule has 0 aliphatic heterocycles. The molecule has 2 rings (SSSR count). The molecule has 1 aromatic rings. The van der Waals surface area contributed by atoms with Gasteiger partial charge >= 0.3 is 0 Å². The van der Waals surface area contributed by atoms with Crippen LogP contribution in [0.25, 0.3) is 0 Å². The van der Waals surface area contributed by atoms with Crippen molar-refractivity contribution in [2.45, 2.75) is 18.9 Å². The van der Waals surface area contributed by atoms with E-state index < -0.39 is 5.60 Å². The minimum absolute atomic E-state index is 0.829. The largest absolute Gasteiger partial charge is 0.381 e. The van der Waals surface area contributed by atoms with Gasteiger partial charge in [-0.1, -0.05) is 48.6 Å². The molecule has 72 valence electrons. The van der Waals surface area contributed by atoms with Gasteiger partial charge in [-0.05, 0) is 24.5 Å². The highest BCUT2D eigenvalue weighted by atomic mass is 16.3. The Kier molecular flexibility index (Phi) is 2.26. The molecule has 1 N–H and O–H groups in total. The van der Waals surface area contributed by atoms with Gasteiger partial charge < -0.3 is 5.11 Å². The standard InChI is InChI=1S/C13H14O/c1-13(14,12-9-5-6-10-12)11-7-3-2-4-8-11/h2-9,14H,10H2,1H3. The summed E-state index contributed by atoms with van der Waals surface area (Å²) in [6, 6.07) is 9.78. The Morgan fingerprint density at radius 1 is 1.21 bits per heavy atom. The lowest BCUT2D eigenvalue weighted by molar-refractivity contribution is 0.0958. The molecule has 0 saturated heterocycles. The maximum Gasteiger partial charge on any atom is 0.108 e. The molecule has 0 fully saturated rings. The predicted molar refractivity (Wildman–Crippen MR) is 57.9 cm³/mol. The zero-order valence-electron chi connectivity index (χ0n) is 8.27. The van der Waals surface area contributed by atoms with Gasteiger partial charge in [0.1, 0.15) is 5.60 Å². The minimum Gasteiger partial charge on any atom is -0.381 e. The van der Waals surface area contributed by atoms with E-state index in [2.05, 4.69) is 6.08 Å². The molecule has 1 unspecified atom stereocenters. The first-order chi connectivity index (χ1) is 6.71. The fraction of sp³-hybridized carbons (Fsp3) is 0.231. The lowest BCUT2D eigenvalue weighted by Gasteiger charge is -2.25. The Labute approximate surface area is 84.4 Å². The molecule has 1 aromatic carbocycles. The molecule has 0 saturated carbocycles. The van der Waals surface area contributed by atoms with Crippen molar-refractivity contribution in [1.82, 2.24) is 0 Å². The van der Waals surface area contributed by atoms with Crippen molar-refractivity contribution >= 4 is 0 Å². The third-order valence-corrected chi connectivity index (χ3v) is 2.73. The van der Waals surface area contributed by atoms with Gasteiger partial charge in [0.25, 0.3) is 0 Å². The monoisotopic (exact) mass is 186 g/mol. The van der Waals surface area contributed by atoms with Crippen molar-refractivity contribution in [1.29, 1.82) is 0 Å². The zero-order valence-corrected chi connectivity index (χ0v) is 8.27. The van der Waals surface area contributed by atoms with Gasteiger partial charge in [-0.25, -0.2) is 0 Å². The summed E-state index contributed by atoms with van der Waals surface area (Å²) < 4.78 is 0. The summed E-state index contributed by atoms with van der Waals surface area (Å²) in [6.45, 7) is 1.85. The zero-order chi connectivity index (χ0) is 10.0. The van der Waals surface area contributed by atoms with Crippen molar-refractivity contribution in [2.75, 3.05) is 0 Å². The molecule has 0 aromatic heterocycles. The second-order valence-corrected chi connectivity index (χ2v) is 3.76. The van der Waals surface area contributed by atoms with E-state index in [9.17, 15) is 5.11 Å². The maximum atomic E-state index is 10.4. The molecule has 1 heteroatoms. The van der Waals surface area contributed by atoms with E-state index in [0.717, 1.165) is 17.6 Å². The summed E-state index contributed by atoms with van der Waals surface area (Å²) in [6.07, 6.45) is 6.90. The first-order valence-corrected chi connectivity index (χ1v) is 4.85. The molecular formula is C13H14O. The third kappa shape index (κ3) is 1.51. The first kappa shape index (κ1) is 9.22. The molecule has 0 radical (unpaired) electrons. The summed E-state index contributed by atoms with van der Waals surface area (Å²) >= 11 is 0. The van der Waals surface area contributed by atoms with Crippen LogP contribution in [0.5, 0.6) is 0 Å². The van der Waals surface area contributed by atoms with Crippen LogP contribution in [0.1, 0.15) is 18.9 Å². The van der Waals surface area contributed by atoms with Gasteiger partial charge in [-0.2, -0.15) is 0 Å². The van der Waals surface area contributed by atoms with E-state index in [1.54, 1.807) is 0 Å². The Morgan fingerprint density at radius 2 is 1.93 bits per heavy atom. The molecule has 1 nitrogen and oxygen atoms in total. The Balaban J connectivity index is 2.33. The topological polar surface area (TPSA) is 20.2 Å². The summed E-state index contributed by atoms with van der Waals surface area (Å²) in [4.78, 5) is 0. The van der Waals surface area contributed by atoms with Gasteiger partial charge in [-0.3, -0.25) is 0 Å². The van der Waals surface area contributed by atoms with E-state index >= 15 is 0 Å². The number of rotatable bonds is 2. The van der Waals surface area contributed by atoms with E-state index in [1.165, 1.54) is 0 Å². The van der Waals surface area contributed by atoms with Gasteiger partial charge in [0, 0.05) is 0 Å². The molecular weight excluding hydrogens is 172 g/mol. The van der Waals surface area contributed by atoms with Gasteiger partial charge in [0.15, 0.2) is 0 Å². The molecule has 1 aliphatic carbocycles. The Hall–Kier alpha value is -1.34. The van der Waals surface area contributed by atoms with Crippen LogP contribution in [0.3, 0.4) is 0 Å². The van der Waals surface area contributed by atoms with Crippen molar-refractivity contribution in [3.8, 4) is 0 Å². The highest BCUT2D eigenvalue weighted by molar-refractivity contribution is 5.37. The highest BCUT2D eigenvalue weighted by Crippen LogP contribution is 2.33. The summed E-state index contributed by atoms with van der Waals surface area (Å²) in [5.41, 5.74) is 1.18. The third-order valence-electron chi connectivity index (χ3n) is 2.73. The average Bonchev–Trinajstić information content (AvgIpc) is 2.72. The lowest BCUT2D eigenvalue weighted by Crippen LogP contribution is -2.23. The highest BCUT2D eigenvalue weighted by Gasteiger charge is 2.27. The van der Waals surface area contributed by atoms with Crippen molar-refractivity contribution in [3.63, 3.8) is 0 Å². The number of aliphatic hydroxyl groups is 1. The normalized spacial score (nSPS) is 19.1. The van der Waals surface area contributed by atoms with Crippen LogP contribution < -0.4 is 0 Å². The predicted octanol–water partition coefficient (Wildman–Crippen LogP) is 2.78. The number of benzene rings is 1. The van der Waals surface area contributed by atoms with Crippen LogP contribution >= 0.6 is 0 Å². The second-order valence-electron chi connectivity index (χ2n) is 3.76. The quantitative estimate of drug-likeness (QED) is 0.753. The Bertz CT molecular complexity index is 371. The minimum atomic E-state index is -0.829. The van der Waals surface area contributed by atoms with Gasteiger partial charge in [0.05, 0.1) is 0 Å². The van der Waals surface area contributed by atoms with E-state index in [-0.39, 0.29) is 0 Å².